The predicted octanol–water partition coefficient (Wildman–Crippen LogP) is 6.14. The molecular weight excluding hydrogens is 377 g/mol. The van der Waals surface area contributed by atoms with Crippen molar-refractivity contribution in [2.24, 2.45) is 0 Å². The van der Waals surface area contributed by atoms with Gasteiger partial charge in [0.1, 0.15) is 11.3 Å². The van der Waals surface area contributed by atoms with Crippen molar-refractivity contribution in [3.05, 3.63) is 89.8 Å². The van der Waals surface area contributed by atoms with E-state index in [2.05, 4.69) is 10.3 Å². The standard InChI is InChI=1S/C22H13ClFN3O/c23-18-3-1-2-4-21(18)27-20(11-12-25-27)15-7-10-19-17(13-15)22(28-26-19)14-5-8-16(24)9-6-14/h1-13H. The molecule has 136 valence electrons. The van der Waals surface area contributed by atoms with Crippen molar-refractivity contribution in [2.45, 2.75) is 0 Å². The van der Waals surface area contributed by atoms with Crippen molar-refractivity contribution in [3.8, 4) is 28.3 Å². The number of aromatic nitrogens is 3. The number of para-hydroxylation sites is 1. The molecule has 0 spiro atoms. The van der Waals surface area contributed by atoms with E-state index in [0.717, 1.165) is 33.4 Å². The Hall–Kier alpha value is -3.44. The lowest BCUT2D eigenvalue weighted by Gasteiger charge is -2.09. The summed E-state index contributed by atoms with van der Waals surface area (Å²) in [5.41, 5.74) is 4.12. The number of hydrogen-bond acceptors (Lipinski definition) is 3. The molecule has 0 aliphatic carbocycles. The maximum atomic E-state index is 13.3. The molecule has 0 atom stereocenters. The van der Waals surface area contributed by atoms with Crippen LogP contribution in [0.15, 0.2) is 83.5 Å². The Morgan fingerprint density at radius 2 is 1.68 bits per heavy atom. The lowest BCUT2D eigenvalue weighted by molar-refractivity contribution is 0.441. The molecule has 0 aliphatic rings. The maximum Gasteiger partial charge on any atom is 0.174 e. The molecule has 0 unspecified atom stereocenters. The fraction of sp³-hybridized carbons (Fsp3) is 0. The Kier molecular flexibility index (Phi) is 3.95. The average molecular weight is 390 g/mol. The quantitative estimate of drug-likeness (QED) is 0.372. The van der Waals surface area contributed by atoms with Crippen LogP contribution in [0.4, 0.5) is 4.39 Å². The molecule has 5 aromatic rings. The Morgan fingerprint density at radius 1 is 0.893 bits per heavy atom. The van der Waals surface area contributed by atoms with E-state index in [1.165, 1.54) is 12.1 Å². The molecule has 0 fully saturated rings. The largest absolute Gasteiger partial charge is 0.355 e. The van der Waals surface area contributed by atoms with Crippen molar-refractivity contribution < 1.29 is 8.91 Å². The summed E-state index contributed by atoms with van der Waals surface area (Å²) < 4.78 is 20.6. The summed E-state index contributed by atoms with van der Waals surface area (Å²) >= 11 is 6.35. The van der Waals surface area contributed by atoms with Gasteiger partial charge in [0.15, 0.2) is 5.76 Å². The smallest absolute Gasteiger partial charge is 0.174 e. The van der Waals surface area contributed by atoms with Crippen LogP contribution in [0.25, 0.3) is 39.2 Å². The van der Waals surface area contributed by atoms with E-state index < -0.39 is 0 Å². The molecule has 0 saturated heterocycles. The highest BCUT2D eigenvalue weighted by molar-refractivity contribution is 6.32. The second-order valence-electron chi connectivity index (χ2n) is 6.33. The SMILES string of the molecule is Fc1ccc(-c2onc3ccc(-c4ccnn4-c4ccccc4Cl)cc23)cc1. The highest BCUT2D eigenvalue weighted by Crippen LogP contribution is 2.33. The molecule has 0 aliphatic heterocycles. The predicted molar refractivity (Wildman–Crippen MR) is 107 cm³/mol. The maximum absolute atomic E-state index is 13.3. The van der Waals surface area contributed by atoms with Crippen molar-refractivity contribution >= 4 is 22.5 Å². The molecule has 2 heterocycles. The first-order valence-electron chi connectivity index (χ1n) is 8.65. The number of rotatable bonds is 3. The van der Waals surface area contributed by atoms with Gasteiger partial charge in [-0.2, -0.15) is 5.10 Å². The topological polar surface area (TPSA) is 43.9 Å². The Bertz CT molecular complexity index is 1290. The van der Waals surface area contributed by atoms with E-state index in [1.807, 2.05) is 48.5 Å². The van der Waals surface area contributed by atoms with E-state index in [4.69, 9.17) is 16.1 Å². The highest BCUT2D eigenvalue weighted by Gasteiger charge is 2.15. The van der Waals surface area contributed by atoms with E-state index >= 15 is 0 Å². The van der Waals surface area contributed by atoms with Gasteiger partial charge < -0.3 is 4.52 Å². The lowest BCUT2D eigenvalue weighted by atomic mass is 10.0. The van der Waals surface area contributed by atoms with Gasteiger partial charge in [0.05, 0.1) is 28.0 Å². The number of nitrogens with zero attached hydrogens (tertiary/aromatic N) is 3. The molecule has 28 heavy (non-hydrogen) atoms. The van der Waals surface area contributed by atoms with Crippen molar-refractivity contribution in [3.63, 3.8) is 0 Å². The lowest BCUT2D eigenvalue weighted by Crippen LogP contribution is -1.99. The zero-order valence-corrected chi connectivity index (χ0v) is 15.3. The van der Waals surface area contributed by atoms with Crippen molar-refractivity contribution in [2.75, 3.05) is 0 Å². The van der Waals surface area contributed by atoms with Crippen LogP contribution >= 0.6 is 11.6 Å². The van der Waals surface area contributed by atoms with Gasteiger partial charge in [-0.1, -0.05) is 35.0 Å². The minimum atomic E-state index is -0.295. The number of halogens is 2. The third-order valence-corrected chi connectivity index (χ3v) is 4.92. The van der Waals surface area contributed by atoms with Crippen LogP contribution in [0, 0.1) is 5.82 Å². The molecule has 0 radical (unpaired) electrons. The number of hydrogen-bond donors (Lipinski definition) is 0. The van der Waals surface area contributed by atoms with Gasteiger partial charge in [-0.3, -0.25) is 0 Å². The van der Waals surface area contributed by atoms with Crippen molar-refractivity contribution in [1.29, 1.82) is 0 Å². The second kappa shape index (κ2) is 6.62. The highest BCUT2D eigenvalue weighted by atomic mass is 35.5. The molecule has 5 rings (SSSR count). The summed E-state index contributed by atoms with van der Waals surface area (Å²) in [6.07, 6.45) is 1.73. The van der Waals surface area contributed by atoms with Gasteiger partial charge in [0.25, 0.3) is 0 Å². The summed E-state index contributed by atoms with van der Waals surface area (Å²) in [6, 6.07) is 21.5. The van der Waals surface area contributed by atoms with Crippen LogP contribution in [0.2, 0.25) is 5.02 Å². The van der Waals surface area contributed by atoms with Crippen LogP contribution in [0.5, 0.6) is 0 Å². The van der Waals surface area contributed by atoms with Crippen LogP contribution in [0.3, 0.4) is 0 Å². The minimum absolute atomic E-state index is 0.295. The van der Waals surface area contributed by atoms with E-state index in [9.17, 15) is 4.39 Å². The summed E-state index contributed by atoms with van der Waals surface area (Å²) in [5, 5.41) is 10.0. The van der Waals surface area contributed by atoms with Gasteiger partial charge in [0.2, 0.25) is 0 Å². The van der Waals surface area contributed by atoms with Crippen LogP contribution in [-0.4, -0.2) is 14.9 Å². The van der Waals surface area contributed by atoms with Crippen molar-refractivity contribution in [1.82, 2.24) is 14.9 Å². The first-order chi connectivity index (χ1) is 13.7. The Morgan fingerprint density at radius 3 is 2.50 bits per heavy atom. The summed E-state index contributed by atoms with van der Waals surface area (Å²) in [5.74, 6) is 0.303. The first-order valence-corrected chi connectivity index (χ1v) is 9.03. The van der Waals surface area contributed by atoms with Gasteiger partial charge in [-0.25, -0.2) is 9.07 Å². The molecule has 0 N–H and O–H groups in total. The van der Waals surface area contributed by atoms with Gasteiger partial charge >= 0.3 is 0 Å². The molecule has 6 heteroatoms. The molecule has 2 aromatic heterocycles. The fourth-order valence-electron chi connectivity index (χ4n) is 3.25. The molecule has 0 saturated carbocycles. The molecular formula is C22H13ClFN3O. The Balaban J connectivity index is 1.66. The third-order valence-electron chi connectivity index (χ3n) is 4.60. The second-order valence-corrected chi connectivity index (χ2v) is 6.74. The molecule has 3 aromatic carbocycles. The number of benzene rings is 3. The molecule has 0 amide bonds. The fourth-order valence-corrected chi connectivity index (χ4v) is 3.46. The minimum Gasteiger partial charge on any atom is -0.355 e. The van der Waals surface area contributed by atoms with E-state index in [1.54, 1.807) is 23.0 Å². The van der Waals surface area contributed by atoms with Crippen LogP contribution in [0.1, 0.15) is 0 Å². The first kappa shape index (κ1) is 16.7. The van der Waals surface area contributed by atoms with Crippen LogP contribution in [-0.2, 0) is 0 Å². The van der Waals surface area contributed by atoms with Gasteiger partial charge in [0, 0.05) is 11.1 Å². The molecule has 4 nitrogen and oxygen atoms in total. The van der Waals surface area contributed by atoms with E-state index in [0.29, 0.717) is 10.8 Å². The molecule has 0 bridgehead atoms. The van der Waals surface area contributed by atoms with Gasteiger partial charge in [-0.15, -0.1) is 0 Å². The Labute approximate surface area is 164 Å². The summed E-state index contributed by atoms with van der Waals surface area (Å²) in [6.45, 7) is 0. The zero-order valence-electron chi connectivity index (χ0n) is 14.5. The summed E-state index contributed by atoms with van der Waals surface area (Å²) in [7, 11) is 0. The number of fused-ring (bicyclic) bond motifs is 1. The average Bonchev–Trinajstić information content (AvgIpc) is 3.35. The van der Waals surface area contributed by atoms with E-state index in [-0.39, 0.29) is 5.82 Å². The normalized spacial score (nSPS) is 11.2. The third kappa shape index (κ3) is 2.77. The monoisotopic (exact) mass is 389 g/mol. The summed E-state index contributed by atoms with van der Waals surface area (Å²) in [4.78, 5) is 0. The van der Waals surface area contributed by atoms with Gasteiger partial charge in [-0.05, 0) is 54.6 Å². The van der Waals surface area contributed by atoms with Crippen LogP contribution < -0.4 is 0 Å². The zero-order chi connectivity index (χ0) is 19.1.